The predicted molar refractivity (Wildman–Crippen MR) is 88.7 cm³/mol. The number of carbonyl (C=O) groups excluding carboxylic acids is 1. The van der Waals surface area contributed by atoms with Crippen molar-refractivity contribution in [3.05, 3.63) is 23.8 Å². The fourth-order valence-electron chi connectivity index (χ4n) is 5.13. The van der Waals surface area contributed by atoms with E-state index in [1.807, 2.05) is 4.90 Å². The van der Waals surface area contributed by atoms with Gasteiger partial charge in [-0.15, -0.1) is 0 Å². The third kappa shape index (κ3) is 2.86. The average Bonchev–Trinajstić information content (AvgIpc) is 2.87. The molecule has 24 heavy (non-hydrogen) atoms. The van der Waals surface area contributed by atoms with Crippen LogP contribution >= 0.6 is 0 Å². The van der Waals surface area contributed by atoms with E-state index in [0.717, 1.165) is 51.6 Å². The smallest absolute Gasteiger partial charge is 0.320 e. The molecule has 4 rings (SSSR count). The molecule has 2 unspecified atom stereocenters. The number of fused-ring (bicyclic) bond motifs is 2. The van der Waals surface area contributed by atoms with Crippen LogP contribution in [0, 0.1) is 11.8 Å². The Morgan fingerprint density at radius 1 is 1.00 bits per heavy atom. The molecule has 3 heterocycles. The normalized spacial score (nSPS) is 36.4. The molecule has 3 saturated heterocycles. The van der Waals surface area contributed by atoms with Gasteiger partial charge in [-0.2, -0.15) is 0 Å². The Labute approximate surface area is 142 Å². The van der Waals surface area contributed by atoms with Gasteiger partial charge in [0.05, 0.1) is 0 Å². The lowest BCUT2D eigenvalue weighted by molar-refractivity contribution is 0.0785. The monoisotopic (exact) mass is 336 g/mol. The van der Waals surface area contributed by atoms with Gasteiger partial charge < -0.3 is 9.80 Å². The summed E-state index contributed by atoms with van der Waals surface area (Å²) in [5, 5.41) is 0. The van der Waals surface area contributed by atoms with Gasteiger partial charge >= 0.3 is 6.03 Å². The molecule has 3 nitrogen and oxygen atoms in total. The lowest BCUT2D eigenvalue weighted by atomic mass is 9.78. The van der Waals surface area contributed by atoms with E-state index in [-0.39, 0.29) is 24.0 Å². The van der Waals surface area contributed by atoms with Gasteiger partial charge in [-0.05, 0) is 75.4 Å². The number of halogens is 2. The minimum atomic E-state index is -0.716. The van der Waals surface area contributed by atoms with Crippen molar-refractivity contribution < 1.29 is 13.6 Å². The molecule has 0 aromatic rings. The molecule has 4 atom stereocenters. The van der Waals surface area contributed by atoms with Gasteiger partial charge in [0, 0.05) is 25.2 Å². The van der Waals surface area contributed by atoms with Crippen LogP contribution in [0.5, 0.6) is 0 Å². The lowest BCUT2D eigenvalue weighted by Crippen LogP contribution is -2.53. The van der Waals surface area contributed by atoms with Crippen LogP contribution in [0.15, 0.2) is 23.8 Å². The van der Waals surface area contributed by atoms with Crippen LogP contribution in [0.3, 0.4) is 0 Å². The highest BCUT2D eigenvalue weighted by Crippen LogP contribution is 2.44. The van der Waals surface area contributed by atoms with Crippen molar-refractivity contribution >= 4 is 6.03 Å². The number of urea groups is 1. The van der Waals surface area contributed by atoms with E-state index < -0.39 is 11.7 Å². The fourth-order valence-corrected chi connectivity index (χ4v) is 5.13. The van der Waals surface area contributed by atoms with Crippen LogP contribution in [-0.4, -0.2) is 41.0 Å². The van der Waals surface area contributed by atoms with Crippen LogP contribution in [0.4, 0.5) is 13.6 Å². The highest BCUT2D eigenvalue weighted by Gasteiger charge is 2.46. The number of carbonyl (C=O) groups is 1. The zero-order valence-corrected chi connectivity index (χ0v) is 14.1. The molecule has 1 aliphatic carbocycles. The molecule has 0 N–H and O–H groups in total. The number of hydrogen-bond donors (Lipinski definition) is 0. The van der Waals surface area contributed by atoms with Crippen LogP contribution in [-0.2, 0) is 0 Å². The Kier molecular flexibility index (Phi) is 4.35. The second-order valence-electron chi connectivity index (χ2n) is 7.82. The predicted octanol–water partition coefficient (Wildman–Crippen LogP) is 4.56. The summed E-state index contributed by atoms with van der Waals surface area (Å²) in [5.74, 6) is -0.972. The maximum Gasteiger partial charge on any atom is 0.320 e. The van der Waals surface area contributed by atoms with Gasteiger partial charge in [0.25, 0.3) is 0 Å². The molecular formula is C19H26F2N2O. The second kappa shape index (κ2) is 6.49. The second-order valence-corrected chi connectivity index (χ2v) is 7.82. The van der Waals surface area contributed by atoms with Crippen LogP contribution in [0.2, 0.25) is 0 Å². The van der Waals surface area contributed by atoms with E-state index in [2.05, 4.69) is 4.90 Å². The first-order chi connectivity index (χ1) is 11.6. The van der Waals surface area contributed by atoms with Crippen molar-refractivity contribution in [2.24, 2.45) is 11.8 Å². The molecule has 5 heteroatoms. The van der Waals surface area contributed by atoms with E-state index in [1.165, 1.54) is 18.6 Å². The molecule has 2 bridgehead atoms. The molecule has 3 aliphatic heterocycles. The Morgan fingerprint density at radius 3 is 2.29 bits per heavy atom. The minimum Gasteiger partial charge on any atom is -0.325 e. The molecule has 0 radical (unpaired) electrons. The van der Waals surface area contributed by atoms with Crippen molar-refractivity contribution in [2.45, 2.75) is 63.5 Å². The molecule has 0 aromatic carbocycles. The topological polar surface area (TPSA) is 23.6 Å². The highest BCUT2D eigenvalue weighted by atomic mass is 19.2. The van der Waals surface area contributed by atoms with E-state index in [1.54, 1.807) is 0 Å². The van der Waals surface area contributed by atoms with Gasteiger partial charge in [0.2, 0.25) is 0 Å². The van der Waals surface area contributed by atoms with Gasteiger partial charge in [-0.3, -0.25) is 0 Å². The summed E-state index contributed by atoms with van der Waals surface area (Å²) in [7, 11) is 0. The van der Waals surface area contributed by atoms with Gasteiger partial charge in [-0.25, -0.2) is 13.6 Å². The Morgan fingerprint density at radius 2 is 1.67 bits per heavy atom. The number of rotatable bonds is 1. The average molecular weight is 336 g/mol. The number of piperidine rings is 2. The molecular weight excluding hydrogens is 310 g/mol. The highest BCUT2D eigenvalue weighted by molar-refractivity contribution is 5.75. The van der Waals surface area contributed by atoms with Crippen LogP contribution in [0.1, 0.15) is 51.4 Å². The first-order valence-corrected chi connectivity index (χ1v) is 9.44. The van der Waals surface area contributed by atoms with Gasteiger partial charge in [0.1, 0.15) is 0 Å². The summed E-state index contributed by atoms with van der Waals surface area (Å²) in [5.41, 5.74) is 0. The molecule has 0 aromatic heterocycles. The van der Waals surface area contributed by atoms with Crippen molar-refractivity contribution in [3.63, 3.8) is 0 Å². The Balaban J connectivity index is 1.43. The molecule has 3 fully saturated rings. The van der Waals surface area contributed by atoms with Crippen molar-refractivity contribution in [1.82, 2.24) is 9.80 Å². The van der Waals surface area contributed by atoms with E-state index in [4.69, 9.17) is 0 Å². The zero-order chi connectivity index (χ0) is 16.7. The molecule has 4 aliphatic rings. The Hall–Kier alpha value is -1.39. The van der Waals surface area contributed by atoms with Gasteiger partial charge in [-0.1, -0.05) is 0 Å². The van der Waals surface area contributed by atoms with Crippen LogP contribution < -0.4 is 0 Å². The number of nitrogens with zero attached hydrogens (tertiary/aromatic N) is 2. The van der Waals surface area contributed by atoms with Gasteiger partial charge in [0.15, 0.2) is 11.7 Å². The summed E-state index contributed by atoms with van der Waals surface area (Å²) in [6.45, 7) is 1.78. The summed E-state index contributed by atoms with van der Waals surface area (Å²) in [4.78, 5) is 17.1. The summed E-state index contributed by atoms with van der Waals surface area (Å²) in [6.07, 6.45) is 10.9. The number of amides is 2. The number of likely N-dealkylation sites (tertiary alicyclic amines) is 1. The molecule has 0 spiro atoms. The maximum atomic E-state index is 13.6. The van der Waals surface area contributed by atoms with Crippen molar-refractivity contribution in [2.75, 3.05) is 13.1 Å². The summed E-state index contributed by atoms with van der Waals surface area (Å²) in [6, 6.07) is 0.794. The van der Waals surface area contributed by atoms with Crippen molar-refractivity contribution in [3.8, 4) is 0 Å². The first-order valence-electron chi connectivity index (χ1n) is 9.44. The third-order valence-electron chi connectivity index (χ3n) is 6.38. The van der Waals surface area contributed by atoms with Crippen molar-refractivity contribution in [1.29, 1.82) is 0 Å². The zero-order valence-electron chi connectivity index (χ0n) is 14.1. The quantitative estimate of drug-likeness (QED) is 0.688. The molecule has 0 saturated carbocycles. The minimum absolute atomic E-state index is 0.0832. The third-order valence-corrected chi connectivity index (χ3v) is 6.38. The van der Waals surface area contributed by atoms with E-state index in [9.17, 15) is 13.6 Å². The molecule has 132 valence electrons. The number of hydrogen-bond acceptors (Lipinski definition) is 1. The first kappa shape index (κ1) is 16.1. The largest absolute Gasteiger partial charge is 0.325 e. The SMILES string of the molecule is O=C(N1CCCCC1)N1[C@@H]2CC[C@H]1CC(C1C=C(F)C(F)=CC1)C2. The number of allylic oxidation sites excluding steroid dienone is 4. The van der Waals surface area contributed by atoms with Crippen LogP contribution in [0.25, 0.3) is 0 Å². The Bertz CT molecular complexity index is 554. The van der Waals surface area contributed by atoms with E-state index in [0.29, 0.717) is 12.3 Å². The summed E-state index contributed by atoms with van der Waals surface area (Å²) >= 11 is 0. The standard InChI is InChI=1S/C19H26F2N2O/c20-17-7-4-13(12-18(17)21)14-10-15-5-6-16(11-14)23(15)19(24)22-8-2-1-3-9-22/h7,12-16H,1-6,8-11H2/t13?,14?,15-,16+. The molecule has 2 amide bonds. The fraction of sp³-hybridized carbons (Fsp3) is 0.737. The lowest BCUT2D eigenvalue weighted by Gasteiger charge is -2.44. The summed E-state index contributed by atoms with van der Waals surface area (Å²) < 4.78 is 26.8. The maximum absolute atomic E-state index is 13.6. The van der Waals surface area contributed by atoms with E-state index >= 15 is 0 Å².